The minimum absolute atomic E-state index is 0. The molecule has 2 N–H and O–H groups in total. The summed E-state index contributed by atoms with van der Waals surface area (Å²) in [6, 6.07) is 44.6. The first-order chi connectivity index (χ1) is 52.3. The number of aryl methyl sites for hydroxylation is 4. The van der Waals surface area contributed by atoms with Crippen LogP contribution in [0.5, 0.6) is 17.2 Å². The fourth-order valence-electron chi connectivity index (χ4n) is 13.0. The monoisotopic (exact) mass is 1710 g/mol. The van der Waals surface area contributed by atoms with Crippen molar-refractivity contribution in [1.82, 2.24) is 0 Å². The summed E-state index contributed by atoms with van der Waals surface area (Å²) < 4.78 is 102. The summed E-state index contributed by atoms with van der Waals surface area (Å²) in [6.45, 7) is 22.5. The molecule has 7 aromatic rings. The molecule has 0 saturated heterocycles. The van der Waals surface area contributed by atoms with Gasteiger partial charge in [-0.05, 0) is 131 Å². The summed E-state index contributed by atoms with van der Waals surface area (Å²) in [5, 5.41) is 30.1. The third kappa shape index (κ3) is 28.1. The van der Waals surface area contributed by atoms with Crippen molar-refractivity contribution in [1.29, 1.82) is 0 Å². The smallest absolute Gasteiger partial charge is 0.545 e. The summed E-state index contributed by atoms with van der Waals surface area (Å²) in [7, 11) is 4.92. The quantitative estimate of drug-likeness (QED) is 0.0367. The van der Waals surface area contributed by atoms with Crippen molar-refractivity contribution in [3.05, 3.63) is 205 Å². The van der Waals surface area contributed by atoms with Gasteiger partial charge in [0, 0.05) is 65.0 Å². The number of benzene rings is 7. The van der Waals surface area contributed by atoms with E-state index in [1.54, 1.807) is 33.5 Å². The summed E-state index contributed by atoms with van der Waals surface area (Å²) in [6.07, 6.45) is 0. The fraction of sp³-hybridized carbons (Fsp3) is 0.494. The molecule has 0 bridgehead atoms. The van der Waals surface area contributed by atoms with Gasteiger partial charge in [-0.2, -0.15) is 0 Å². The third-order valence-corrected chi connectivity index (χ3v) is 18.3. The molecule has 2 aliphatic rings. The van der Waals surface area contributed by atoms with Crippen LogP contribution < -0.4 is 88.2 Å². The number of carbonyl (C=O) groups is 1. The maximum atomic E-state index is 12.1. The van der Waals surface area contributed by atoms with Gasteiger partial charge in [0.15, 0.2) is 11.5 Å². The Kier molecular flexibility index (Phi) is 45.1. The summed E-state index contributed by atoms with van der Waals surface area (Å²) >= 11 is 0. The van der Waals surface area contributed by atoms with Crippen LogP contribution in [0.25, 0.3) is 22.3 Å². The van der Waals surface area contributed by atoms with Gasteiger partial charge in [0.2, 0.25) is 0 Å². The van der Waals surface area contributed by atoms with Gasteiger partial charge in [-0.3, -0.25) is 0 Å². The molecule has 0 spiro atoms. The van der Waals surface area contributed by atoms with E-state index in [4.69, 9.17) is 95.5 Å². The van der Waals surface area contributed by atoms with Crippen LogP contribution in [-0.4, -0.2) is 236 Å². The largest absolute Gasteiger partial charge is 1.00 e. The summed E-state index contributed by atoms with van der Waals surface area (Å²) in [5.41, 5.74) is 17.6. The van der Waals surface area contributed by atoms with Crippen molar-refractivity contribution < 1.29 is 207 Å². The van der Waals surface area contributed by atoms with E-state index >= 15 is 0 Å². The van der Waals surface area contributed by atoms with Crippen LogP contribution in [0.1, 0.15) is 89.6 Å². The molecule has 0 unspecified atom stereocenters. The van der Waals surface area contributed by atoms with Crippen molar-refractivity contribution in [2.45, 2.75) is 58.7 Å². The zero-order valence-corrected chi connectivity index (χ0v) is 74.5. The second kappa shape index (κ2) is 52.4. The number of fused-ring (bicyclic) bond motifs is 6. The number of carbonyl (C=O) groups excluding carboxylic acids is 1. The standard InChI is InChI=1S/C55H78O16.C30H34O6.Cs.Y/c1-43-5-10-49-50-11-6-44(2)38-52(50)55(51(49)37-43,47-8-7-45(41-68-31-29-64-23-21-60-15-13-56)46(39-47)42-69-32-30-65-24-22-61-16-14-57)48-9-12-53(70-35-33-66-27-25-62-19-17-58-3)54(40-48)71-36-34-67-28-26-63-20-18-59-4;1-20-5-8-23-24-9-6-21(2)18-27(24)30(3,26(23)17-20)22-7-10-28(25(19-22)29(31)32)36-16-15-35-14-13-34-12-11-33-4;;/h5-12,37-40,56-57H,13-36,41-42H2,1-4H3;5-10,17-19H,11-16H2,1-4H3,(H,31,32);;/q;;+1;/p-1. The van der Waals surface area contributed by atoms with Crippen LogP contribution in [0.15, 0.2) is 127 Å². The van der Waals surface area contributed by atoms with Gasteiger partial charge < -0.3 is 105 Å². The van der Waals surface area contributed by atoms with Gasteiger partial charge in [0.1, 0.15) is 25.6 Å². The van der Waals surface area contributed by atoms with E-state index in [2.05, 4.69) is 138 Å². The Balaban J connectivity index is 0.000000408. The Morgan fingerprint density at radius 1 is 0.330 bits per heavy atom. The van der Waals surface area contributed by atoms with Crippen LogP contribution in [0.4, 0.5) is 0 Å². The minimum Gasteiger partial charge on any atom is -0.545 e. The first-order valence-corrected chi connectivity index (χ1v) is 36.9. The predicted molar refractivity (Wildman–Crippen MR) is 405 cm³/mol. The van der Waals surface area contributed by atoms with E-state index in [0.717, 1.165) is 72.3 Å². The zero-order chi connectivity index (χ0) is 75.9. The fourth-order valence-corrected chi connectivity index (χ4v) is 13.0. The van der Waals surface area contributed by atoms with Crippen LogP contribution in [0.2, 0.25) is 0 Å². The van der Waals surface area contributed by atoms with Crippen LogP contribution in [0.3, 0.4) is 0 Å². The van der Waals surface area contributed by atoms with E-state index in [1.807, 2.05) is 12.1 Å². The van der Waals surface area contributed by atoms with E-state index in [-0.39, 0.29) is 153 Å². The molecule has 9 rings (SSSR count). The molecule has 109 heavy (non-hydrogen) atoms. The average molecular weight is 1710 g/mol. The second-order valence-electron chi connectivity index (χ2n) is 25.9. The number of aliphatic hydroxyl groups is 2. The predicted octanol–water partition coefficient (Wildman–Crippen LogP) is 6.93. The molecular weight excluding hydrogens is 1590 g/mol. The van der Waals surface area contributed by atoms with Gasteiger partial charge in [0.05, 0.1) is 203 Å². The van der Waals surface area contributed by atoms with Gasteiger partial charge in [-0.15, -0.1) is 0 Å². The van der Waals surface area contributed by atoms with E-state index in [0.29, 0.717) is 183 Å². The van der Waals surface area contributed by atoms with Crippen molar-refractivity contribution >= 4 is 5.97 Å². The van der Waals surface area contributed by atoms with Crippen LogP contribution in [0, 0.1) is 27.7 Å². The molecular formula is C85H111CsO22Y. The van der Waals surface area contributed by atoms with E-state index < -0.39 is 16.8 Å². The number of rotatable bonds is 54. The Morgan fingerprint density at radius 3 is 1.05 bits per heavy atom. The number of aliphatic hydroxyl groups excluding tert-OH is 2. The molecule has 22 nitrogen and oxygen atoms in total. The molecule has 24 heteroatoms. The molecule has 0 fully saturated rings. The Labute approximate surface area is 728 Å². The number of carboxylic acids is 1. The average Bonchev–Trinajstić information content (AvgIpc) is 1.55. The molecule has 0 saturated carbocycles. The molecule has 0 aliphatic heterocycles. The molecule has 587 valence electrons. The van der Waals surface area contributed by atoms with Gasteiger partial charge >= 0.3 is 68.9 Å². The zero-order valence-electron chi connectivity index (χ0n) is 65.4. The molecule has 0 amide bonds. The number of ether oxygens (including phenoxy) is 18. The SMILES string of the molecule is COCCOCCOCCOc1ccc(C2(C)c3cc(C)ccc3-c3ccc(C)cc32)cc1C(=O)[O-].COCCOCCOCCOc1ccc(C2(c3ccc(COCCOCCOCCO)c(COCCOCCOCCO)c3)c3cc(C)ccc3-c3ccc(C)cc32)cc1OCCOCCOCCOC.[Cs+].[Y]. The molecule has 0 aromatic heterocycles. The number of aromatic carboxylic acids is 1. The van der Waals surface area contributed by atoms with Gasteiger partial charge in [-0.25, -0.2) is 0 Å². The summed E-state index contributed by atoms with van der Waals surface area (Å²) in [5.74, 6) is 0.172. The number of hydrogen-bond donors (Lipinski definition) is 2. The first kappa shape index (κ1) is 93.7. The normalized spacial score (nSPS) is 12.6. The number of methoxy groups -OCH3 is 3. The Morgan fingerprint density at radius 2 is 0.642 bits per heavy atom. The molecule has 7 aromatic carbocycles. The molecule has 0 heterocycles. The molecule has 0 atom stereocenters. The number of carboxylic acid groups (broad SMARTS) is 1. The van der Waals surface area contributed by atoms with Crippen molar-refractivity contribution in [2.75, 3.05) is 220 Å². The Hall–Kier alpha value is -4.11. The molecule has 2 aliphatic carbocycles. The van der Waals surface area contributed by atoms with Crippen molar-refractivity contribution in [3.63, 3.8) is 0 Å². The van der Waals surface area contributed by atoms with Crippen molar-refractivity contribution in [3.8, 4) is 39.5 Å². The second-order valence-corrected chi connectivity index (χ2v) is 25.9. The summed E-state index contributed by atoms with van der Waals surface area (Å²) in [4.78, 5) is 12.1. The maximum Gasteiger partial charge on any atom is 1.00 e. The maximum absolute atomic E-state index is 12.1. The van der Waals surface area contributed by atoms with Gasteiger partial charge in [0.25, 0.3) is 0 Å². The minimum atomic E-state index is -1.27. The van der Waals surface area contributed by atoms with E-state index in [1.165, 1.54) is 22.3 Å². The van der Waals surface area contributed by atoms with Crippen molar-refractivity contribution in [2.24, 2.45) is 0 Å². The van der Waals surface area contributed by atoms with Crippen LogP contribution in [-0.2, 0) is 128 Å². The van der Waals surface area contributed by atoms with E-state index in [9.17, 15) is 9.90 Å². The van der Waals surface area contributed by atoms with Crippen LogP contribution >= 0.6 is 0 Å². The molecule has 1 radical (unpaired) electrons. The van der Waals surface area contributed by atoms with Gasteiger partial charge in [-0.1, -0.05) is 125 Å². The third-order valence-electron chi connectivity index (χ3n) is 18.3. The topological polar surface area (TPSA) is 247 Å². The Bertz CT molecular complexity index is 3580. The first-order valence-electron chi connectivity index (χ1n) is 36.9. The number of hydrogen-bond acceptors (Lipinski definition) is 22.